The van der Waals surface area contributed by atoms with Crippen LogP contribution >= 0.6 is 0 Å². The van der Waals surface area contributed by atoms with Crippen LogP contribution in [-0.2, 0) is 22.5 Å². The van der Waals surface area contributed by atoms with Gasteiger partial charge in [-0.2, -0.15) is 10.5 Å². The van der Waals surface area contributed by atoms with Crippen LogP contribution in [0.1, 0.15) is 16.7 Å². The van der Waals surface area contributed by atoms with Gasteiger partial charge < -0.3 is 19.3 Å². The van der Waals surface area contributed by atoms with Crippen molar-refractivity contribution in [2.24, 2.45) is 0 Å². The molecular formula is C20H18FN3O4S2. The molecule has 10 heteroatoms. The fourth-order valence-electron chi connectivity index (χ4n) is 3.30. The third-order valence-electron chi connectivity index (χ3n) is 4.97. The normalized spacial score (nSPS) is 23.5. The lowest BCUT2D eigenvalue weighted by Crippen LogP contribution is -2.49. The molecule has 3 unspecified atom stereocenters. The minimum atomic E-state index is -1.93. The summed E-state index contributed by atoms with van der Waals surface area (Å²) in [5.74, 6) is -0.831. The van der Waals surface area contributed by atoms with Gasteiger partial charge in [0, 0.05) is 11.6 Å². The standard InChI is InChI=1S/C20H18FN3O4S2/c1-13-6-14(8-22)2-5-18(13)30(28)24-10-19(20(26,11-24)12-25)29(27)16-4-3-15(9-23)17(21)7-16/h2-7,19,25-26H,10-12H2,1H3/t19-,20?,29?,30?/m0/s1. The number of hydrogen-bond acceptors (Lipinski definition) is 7. The Morgan fingerprint density at radius 2 is 1.97 bits per heavy atom. The Labute approximate surface area is 179 Å². The summed E-state index contributed by atoms with van der Waals surface area (Å²) in [5, 5.41) is 37.4. The van der Waals surface area contributed by atoms with E-state index in [2.05, 4.69) is 0 Å². The van der Waals surface area contributed by atoms with Crippen LogP contribution in [0.3, 0.4) is 0 Å². The van der Waals surface area contributed by atoms with Crippen LogP contribution in [0.4, 0.5) is 4.39 Å². The molecule has 0 radical (unpaired) electrons. The van der Waals surface area contributed by atoms with E-state index < -0.39 is 45.8 Å². The van der Waals surface area contributed by atoms with Gasteiger partial charge in [-0.3, -0.25) is 0 Å². The number of rotatable bonds is 5. The lowest BCUT2D eigenvalue weighted by molar-refractivity contribution is 0.00158. The molecule has 7 nitrogen and oxygen atoms in total. The maximum absolute atomic E-state index is 14.0. The molecule has 1 aliphatic rings. The molecule has 0 aliphatic carbocycles. The second-order valence-corrected chi connectivity index (χ2v) is 10.1. The largest absolute Gasteiger partial charge is 0.611 e. The first kappa shape index (κ1) is 22.5. The van der Waals surface area contributed by atoms with Crippen molar-refractivity contribution in [2.45, 2.75) is 27.6 Å². The maximum atomic E-state index is 14.0. The van der Waals surface area contributed by atoms with Crippen LogP contribution in [0.2, 0.25) is 0 Å². The molecule has 1 aliphatic heterocycles. The molecule has 2 N–H and O–H groups in total. The van der Waals surface area contributed by atoms with Gasteiger partial charge in [-0.1, -0.05) is 0 Å². The van der Waals surface area contributed by atoms with E-state index in [1.165, 1.54) is 22.5 Å². The van der Waals surface area contributed by atoms with Crippen molar-refractivity contribution in [3.63, 3.8) is 0 Å². The summed E-state index contributed by atoms with van der Waals surface area (Å²) in [6.07, 6.45) is 0. The summed E-state index contributed by atoms with van der Waals surface area (Å²) in [5.41, 5.74) is -0.966. The number of aryl methyl sites for hydroxylation is 1. The highest BCUT2D eigenvalue weighted by atomic mass is 32.2. The van der Waals surface area contributed by atoms with Crippen molar-refractivity contribution in [2.75, 3.05) is 19.7 Å². The molecule has 0 bridgehead atoms. The molecule has 1 heterocycles. The van der Waals surface area contributed by atoms with E-state index in [-0.39, 0.29) is 23.5 Å². The average Bonchev–Trinajstić information content (AvgIpc) is 3.10. The highest BCUT2D eigenvalue weighted by Gasteiger charge is 2.56. The summed E-state index contributed by atoms with van der Waals surface area (Å²) >= 11 is -3.66. The van der Waals surface area contributed by atoms with Gasteiger partial charge in [0.15, 0.2) is 20.6 Å². The minimum Gasteiger partial charge on any atom is -0.611 e. The van der Waals surface area contributed by atoms with Crippen molar-refractivity contribution in [1.82, 2.24) is 4.31 Å². The molecule has 0 aromatic heterocycles. The van der Waals surface area contributed by atoms with E-state index >= 15 is 0 Å². The van der Waals surface area contributed by atoms with Crippen LogP contribution in [0.5, 0.6) is 0 Å². The van der Waals surface area contributed by atoms with Crippen molar-refractivity contribution in [1.29, 1.82) is 10.5 Å². The molecule has 0 spiro atoms. The second kappa shape index (κ2) is 8.92. The van der Waals surface area contributed by atoms with Crippen LogP contribution in [-0.4, -0.2) is 54.2 Å². The third-order valence-corrected chi connectivity index (χ3v) is 8.38. The first-order valence-electron chi connectivity index (χ1n) is 8.85. The fraction of sp³-hybridized carbons (Fsp3) is 0.300. The van der Waals surface area contributed by atoms with Gasteiger partial charge in [0.25, 0.3) is 0 Å². The maximum Gasteiger partial charge on any atom is 0.177 e. The number of halogens is 1. The zero-order valence-electron chi connectivity index (χ0n) is 15.9. The molecule has 0 saturated carbocycles. The zero-order chi connectivity index (χ0) is 22.1. The highest BCUT2D eigenvalue weighted by Crippen LogP contribution is 2.35. The van der Waals surface area contributed by atoms with E-state index in [9.17, 15) is 23.7 Å². The SMILES string of the molecule is Cc1cc(C#N)ccc1[S+]([O-])N1C[C@H]([S+]([O-])c2ccc(C#N)c(F)c2)C(O)(CO)C1. The van der Waals surface area contributed by atoms with E-state index in [0.717, 1.165) is 6.07 Å². The van der Waals surface area contributed by atoms with Gasteiger partial charge in [0.2, 0.25) is 0 Å². The van der Waals surface area contributed by atoms with Gasteiger partial charge >= 0.3 is 0 Å². The van der Waals surface area contributed by atoms with E-state index in [0.29, 0.717) is 16.0 Å². The number of β-amino-alcohol motifs (C(OH)–C–C–N with tert-alkyl or cyclic N) is 1. The van der Waals surface area contributed by atoms with Crippen molar-refractivity contribution in [3.05, 3.63) is 58.9 Å². The van der Waals surface area contributed by atoms with E-state index in [4.69, 9.17) is 10.5 Å². The molecule has 156 valence electrons. The second-order valence-electron chi connectivity index (χ2n) is 6.96. The first-order valence-corrected chi connectivity index (χ1v) is 11.2. The zero-order valence-corrected chi connectivity index (χ0v) is 17.5. The van der Waals surface area contributed by atoms with Crippen LogP contribution in [0.15, 0.2) is 46.2 Å². The van der Waals surface area contributed by atoms with Crippen LogP contribution < -0.4 is 0 Å². The topological polar surface area (TPSA) is 137 Å². The number of nitriles is 2. The number of nitrogens with zero attached hydrogens (tertiary/aromatic N) is 3. The Morgan fingerprint density at radius 1 is 1.23 bits per heavy atom. The Kier molecular flexibility index (Phi) is 6.70. The molecular weight excluding hydrogens is 429 g/mol. The van der Waals surface area contributed by atoms with Gasteiger partial charge in [-0.25, -0.2) is 4.39 Å². The van der Waals surface area contributed by atoms with Gasteiger partial charge in [0.1, 0.15) is 11.9 Å². The van der Waals surface area contributed by atoms with Gasteiger partial charge in [-0.05, 0) is 48.4 Å². The predicted molar refractivity (Wildman–Crippen MR) is 107 cm³/mol. The third kappa shape index (κ3) is 4.17. The monoisotopic (exact) mass is 447 g/mol. The molecule has 0 amide bonds. The van der Waals surface area contributed by atoms with Crippen molar-refractivity contribution >= 4 is 22.5 Å². The van der Waals surface area contributed by atoms with Gasteiger partial charge in [0.05, 0.1) is 48.3 Å². The summed E-state index contributed by atoms with van der Waals surface area (Å²) in [6, 6.07) is 11.9. The van der Waals surface area contributed by atoms with E-state index in [1.807, 2.05) is 6.07 Å². The Morgan fingerprint density at radius 3 is 2.53 bits per heavy atom. The molecule has 3 rings (SSSR count). The predicted octanol–water partition coefficient (Wildman–Crippen LogP) is 1.12. The molecule has 2 aromatic carbocycles. The van der Waals surface area contributed by atoms with E-state index in [1.54, 1.807) is 25.1 Å². The number of benzene rings is 2. The molecule has 2 aromatic rings. The highest BCUT2D eigenvalue weighted by molar-refractivity contribution is 7.92. The van der Waals surface area contributed by atoms with Gasteiger partial charge in [-0.15, -0.1) is 4.31 Å². The lowest BCUT2D eigenvalue weighted by atomic mass is 10.1. The Balaban J connectivity index is 1.88. The fourth-order valence-corrected chi connectivity index (χ4v) is 6.43. The molecule has 1 saturated heterocycles. The number of aliphatic hydroxyl groups is 2. The minimum absolute atomic E-state index is 0.0607. The van der Waals surface area contributed by atoms with Crippen molar-refractivity contribution < 1.29 is 23.7 Å². The van der Waals surface area contributed by atoms with Crippen LogP contribution in [0.25, 0.3) is 0 Å². The summed E-state index contributed by atoms with van der Waals surface area (Å²) in [6.45, 7) is 0.710. The Bertz CT molecular complexity index is 1040. The average molecular weight is 448 g/mol. The molecule has 30 heavy (non-hydrogen) atoms. The molecule has 4 atom stereocenters. The quantitative estimate of drug-likeness (QED) is 0.655. The Hall–Kier alpha value is -2.15. The summed E-state index contributed by atoms with van der Waals surface area (Å²) in [4.78, 5) is 0.496. The summed E-state index contributed by atoms with van der Waals surface area (Å²) in [7, 11) is 0. The van der Waals surface area contributed by atoms with Crippen molar-refractivity contribution in [3.8, 4) is 12.1 Å². The first-order chi connectivity index (χ1) is 14.2. The number of hydrogen-bond donors (Lipinski definition) is 2. The lowest BCUT2D eigenvalue weighted by Gasteiger charge is -2.27. The smallest absolute Gasteiger partial charge is 0.177 e. The van der Waals surface area contributed by atoms with Crippen LogP contribution in [0, 0.1) is 35.4 Å². The number of aliphatic hydroxyl groups excluding tert-OH is 1. The summed E-state index contributed by atoms with van der Waals surface area (Å²) < 4.78 is 41.5. The molecule has 1 fully saturated rings.